The van der Waals surface area contributed by atoms with Crippen LogP contribution >= 0.6 is 11.6 Å². The SMILES string of the molecule is O=C(c1ccccc1Cl)c1cccc2c1NC(=NCc1ncccc1C(F)(F)F)NS2(=O)=O. The Hall–Kier alpha value is -3.44. The third kappa shape index (κ3) is 4.55. The summed E-state index contributed by atoms with van der Waals surface area (Å²) in [5, 5.41) is 2.89. The number of para-hydroxylation sites is 1. The first-order chi connectivity index (χ1) is 15.6. The van der Waals surface area contributed by atoms with E-state index >= 15 is 0 Å². The molecule has 0 amide bonds. The number of carbonyl (C=O) groups excluding carboxylic acids is 1. The molecule has 0 bridgehead atoms. The van der Waals surface area contributed by atoms with Crippen LogP contribution in [0, 0.1) is 0 Å². The summed E-state index contributed by atoms with van der Waals surface area (Å²) in [7, 11) is -4.15. The van der Waals surface area contributed by atoms with E-state index in [1.807, 2.05) is 0 Å². The zero-order valence-electron chi connectivity index (χ0n) is 16.5. The van der Waals surface area contributed by atoms with Crippen LogP contribution in [0.1, 0.15) is 27.2 Å². The second kappa shape index (κ2) is 8.49. The average Bonchev–Trinajstić information content (AvgIpc) is 2.76. The summed E-state index contributed by atoms with van der Waals surface area (Å²) in [6, 6.07) is 12.4. The number of hydrogen-bond acceptors (Lipinski definition) is 5. The van der Waals surface area contributed by atoms with Gasteiger partial charge in [-0.25, -0.2) is 18.1 Å². The van der Waals surface area contributed by atoms with Crippen LogP contribution in [0.3, 0.4) is 0 Å². The third-order valence-electron chi connectivity index (χ3n) is 4.74. The fourth-order valence-electron chi connectivity index (χ4n) is 3.24. The Bertz CT molecular complexity index is 1390. The molecule has 33 heavy (non-hydrogen) atoms. The maximum atomic E-state index is 13.2. The molecule has 3 aromatic rings. The van der Waals surface area contributed by atoms with Gasteiger partial charge in [0.15, 0.2) is 5.78 Å². The summed E-state index contributed by atoms with van der Waals surface area (Å²) in [4.78, 5) is 20.5. The predicted molar refractivity (Wildman–Crippen MR) is 116 cm³/mol. The van der Waals surface area contributed by atoms with Crippen LogP contribution < -0.4 is 10.0 Å². The standard InChI is InChI=1S/C21H14ClF3N4O3S/c22-15-8-2-1-5-12(15)19(30)13-6-3-9-17-18(13)28-20(29-33(17,31)32)27-11-16-14(21(23,24)25)7-4-10-26-16/h1-10H,11H2,(H2,27,28,29). The molecule has 0 radical (unpaired) electrons. The van der Waals surface area contributed by atoms with E-state index in [0.29, 0.717) is 0 Å². The lowest BCUT2D eigenvalue weighted by Gasteiger charge is -2.23. The summed E-state index contributed by atoms with van der Waals surface area (Å²) < 4.78 is 67.2. The Morgan fingerprint density at radius 3 is 2.48 bits per heavy atom. The number of ketones is 1. The van der Waals surface area contributed by atoms with Crippen molar-refractivity contribution >= 4 is 39.1 Å². The topological polar surface area (TPSA) is 101 Å². The summed E-state index contributed by atoms with van der Waals surface area (Å²) in [6.07, 6.45) is -3.47. The van der Waals surface area contributed by atoms with Crippen molar-refractivity contribution in [1.29, 1.82) is 0 Å². The van der Waals surface area contributed by atoms with E-state index in [1.54, 1.807) is 12.1 Å². The smallest absolute Gasteiger partial charge is 0.324 e. The number of benzene rings is 2. The van der Waals surface area contributed by atoms with Crippen molar-refractivity contribution in [1.82, 2.24) is 9.71 Å². The molecule has 0 atom stereocenters. The molecule has 0 fully saturated rings. The number of alkyl halides is 3. The van der Waals surface area contributed by atoms with Crippen LogP contribution in [-0.4, -0.2) is 25.1 Å². The van der Waals surface area contributed by atoms with Crippen molar-refractivity contribution < 1.29 is 26.4 Å². The van der Waals surface area contributed by atoms with Gasteiger partial charge in [-0.15, -0.1) is 0 Å². The molecule has 2 heterocycles. The Morgan fingerprint density at radius 2 is 1.76 bits per heavy atom. The molecule has 0 unspecified atom stereocenters. The van der Waals surface area contributed by atoms with E-state index in [1.165, 1.54) is 36.5 Å². The molecule has 1 aromatic heterocycles. The maximum Gasteiger partial charge on any atom is 0.418 e. The van der Waals surface area contributed by atoms with E-state index in [4.69, 9.17) is 11.6 Å². The molecule has 0 aliphatic carbocycles. The average molecular weight is 495 g/mol. The van der Waals surface area contributed by atoms with Gasteiger partial charge in [0.25, 0.3) is 10.0 Å². The third-order valence-corrected chi connectivity index (χ3v) is 6.45. The van der Waals surface area contributed by atoms with Gasteiger partial charge in [0.05, 0.1) is 28.5 Å². The van der Waals surface area contributed by atoms with E-state index < -0.39 is 34.1 Å². The zero-order valence-corrected chi connectivity index (χ0v) is 18.1. The van der Waals surface area contributed by atoms with Crippen molar-refractivity contribution in [2.75, 3.05) is 5.32 Å². The quantitative estimate of drug-likeness (QED) is 0.528. The summed E-state index contributed by atoms with van der Waals surface area (Å²) in [5.74, 6) is -0.883. The Morgan fingerprint density at radius 1 is 1.03 bits per heavy atom. The summed E-state index contributed by atoms with van der Waals surface area (Å²) in [5.41, 5.74) is -1.26. The lowest BCUT2D eigenvalue weighted by atomic mass is 10.0. The van der Waals surface area contributed by atoms with Gasteiger partial charge in [-0.3, -0.25) is 9.78 Å². The van der Waals surface area contributed by atoms with Gasteiger partial charge in [-0.05, 0) is 36.4 Å². The van der Waals surface area contributed by atoms with Gasteiger partial charge < -0.3 is 5.32 Å². The number of nitrogens with zero attached hydrogens (tertiary/aromatic N) is 2. The molecule has 4 rings (SSSR count). The molecule has 2 N–H and O–H groups in total. The second-order valence-electron chi connectivity index (χ2n) is 6.88. The number of fused-ring (bicyclic) bond motifs is 1. The largest absolute Gasteiger partial charge is 0.418 e. The first-order valence-corrected chi connectivity index (χ1v) is 11.2. The predicted octanol–water partition coefficient (Wildman–Crippen LogP) is 4.24. The Balaban J connectivity index is 1.73. The van der Waals surface area contributed by atoms with Crippen LogP contribution in [-0.2, 0) is 22.7 Å². The van der Waals surface area contributed by atoms with E-state index in [9.17, 15) is 26.4 Å². The number of hydrogen-bond donors (Lipinski definition) is 2. The molecule has 170 valence electrons. The number of rotatable bonds is 4. The van der Waals surface area contributed by atoms with Crippen LogP contribution in [0.4, 0.5) is 18.9 Å². The minimum absolute atomic E-state index is 0.00666. The monoisotopic (exact) mass is 494 g/mol. The van der Waals surface area contributed by atoms with Crippen LogP contribution in [0.5, 0.6) is 0 Å². The summed E-state index contributed by atoms with van der Waals surface area (Å²) >= 11 is 6.11. The molecule has 0 saturated carbocycles. The number of sulfonamides is 1. The number of guanidine groups is 1. The van der Waals surface area contributed by atoms with Crippen molar-refractivity contribution in [3.8, 4) is 0 Å². The van der Waals surface area contributed by atoms with E-state index in [0.717, 1.165) is 12.1 Å². The fourth-order valence-corrected chi connectivity index (χ4v) is 4.63. The van der Waals surface area contributed by atoms with Gasteiger partial charge in [-0.1, -0.05) is 29.8 Å². The second-order valence-corrected chi connectivity index (χ2v) is 8.94. The van der Waals surface area contributed by atoms with Crippen molar-refractivity contribution in [3.63, 3.8) is 0 Å². The first-order valence-electron chi connectivity index (χ1n) is 9.35. The maximum absolute atomic E-state index is 13.2. The van der Waals surface area contributed by atoms with Gasteiger partial charge in [-0.2, -0.15) is 13.2 Å². The molecule has 1 aliphatic rings. The zero-order chi connectivity index (χ0) is 23.8. The molecule has 7 nitrogen and oxygen atoms in total. The molecule has 1 aliphatic heterocycles. The molecule has 2 aromatic carbocycles. The van der Waals surface area contributed by atoms with Crippen molar-refractivity contribution in [3.05, 3.63) is 88.2 Å². The summed E-state index contributed by atoms with van der Waals surface area (Å²) in [6.45, 7) is -0.559. The van der Waals surface area contributed by atoms with Crippen molar-refractivity contribution in [2.45, 2.75) is 17.6 Å². The number of aromatic nitrogens is 1. The number of nitrogens with one attached hydrogen (secondary N) is 2. The van der Waals surface area contributed by atoms with Crippen molar-refractivity contribution in [2.24, 2.45) is 4.99 Å². The number of aliphatic imine (C=N–C) groups is 1. The van der Waals surface area contributed by atoms with Crippen LogP contribution in [0.25, 0.3) is 0 Å². The molecular formula is C21H14ClF3N4O3S. The highest BCUT2D eigenvalue weighted by Gasteiger charge is 2.34. The highest BCUT2D eigenvalue weighted by molar-refractivity contribution is 7.90. The fraction of sp³-hybridized carbons (Fsp3) is 0.0952. The highest BCUT2D eigenvalue weighted by atomic mass is 35.5. The lowest BCUT2D eigenvalue weighted by molar-refractivity contribution is -0.138. The highest BCUT2D eigenvalue weighted by Crippen LogP contribution is 2.33. The lowest BCUT2D eigenvalue weighted by Crippen LogP contribution is -2.41. The van der Waals surface area contributed by atoms with E-state index in [2.05, 4.69) is 20.0 Å². The van der Waals surface area contributed by atoms with Crippen LogP contribution in [0.2, 0.25) is 5.02 Å². The number of halogens is 4. The first kappa shape index (κ1) is 22.7. The minimum atomic E-state index is -4.65. The molecule has 12 heteroatoms. The Labute approximate surface area is 191 Å². The normalized spacial score (nSPS) is 15.9. The van der Waals surface area contributed by atoms with Gasteiger partial charge in [0.1, 0.15) is 4.90 Å². The van der Waals surface area contributed by atoms with Crippen LogP contribution in [0.15, 0.2) is 70.7 Å². The molecule has 0 spiro atoms. The van der Waals surface area contributed by atoms with Gasteiger partial charge in [0.2, 0.25) is 5.96 Å². The van der Waals surface area contributed by atoms with Gasteiger partial charge >= 0.3 is 6.18 Å². The number of carbonyl (C=O) groups is 1. The molecular weight excluding hydrogens is 481 g/mol. The van der Waals surface area contributed by atoms with E-state index in [-0.39, 0.29) is 38.4 Å². The van der Waals surface area contributed by atoms with Gasteiger partial charge in [0, 0.05) is 17.3 Å². The number of pyridine rings is 1. The number of anilines is 1. The minimum Gasteiger partial charge on any atom is -0.324 e. The molecule has 0 saturated heterocycles. The Kier molecular flexibility index (Phi) is 5.85.